The second-order valence-corrected chi connectivity index (χ2v) is 8.48. The van der Waals surface area contributed by atoms with Gasteiger partial charge in [0.15, 0.2) is 17.3 Å². The van der Waals surface area contributed by atoms with Gasteiger partial charge in [-0.2, -0.15) is 0 Å². The van der Waals surface area contributed by atoms with E-state index in [2.05, 4.69) is 16.3 Å². The van der Waals surface area contributed by atoms with E-state index < -0.39 is 0 Å². The van der Waals surface area contributed by atoms with Crippen molar-refractivity contribution in [1.82, 2.24) is 10.2 Å². The van der Waals surface area contributed by atoms with Gasteiger partial charge in [0.25, 0.3) is 0 Å². The van der Waals surface area contributed by atoms with Crippen LogP contribution in [0.3, 0.4) is 0 Å². The average molecular weight is 455 g/mol. The van der Waals surface area contributed by atoms with Crippen molar-refractivity contribution < 1.29 is 23.1 Å². The molecule has 2 aromatic carbocycles. The van der Waals surface area contributed by atoms with Crippen molar-refractivity contribution in [3.8, 4) is 11.5 Å². The molecule has 1 saturated heterocycles. The number of nitrogens with one attached hydrogen (secondary N) is 1. The van der Waals surface area contributed by atoms with Crippen molar-refractivity contribution >= 4 is 16.8 Å². The molecule has 0 amide bonds. The van der Waals surface area contributed by atoms with Crippen LogP contribution >= 0.6 is 0 Å². The Morgan fingerprint density at radius 3 is 2.58 bits per heavy atom. The highest BCUT2D eigenvalue weighted by Crippen LogP contribution is 2.33. The molecular weight excluding hydrogens is 423 g/mol. The normalized spacial score (nSPS) is 15.5. The molecule has 1 fully saturated rings. The van der Waals surface area contributed by atoms with Crippen molar-refractivity contribution in [3.05, 3.63) is 59.1 Å². The number of likely N-dealkylation sites (tertiary alicyclic amines) is 1. The monoisotopic (exact) mass is 454 g/mol. The first kappa shape index (κ1) is 23.3. The number of halogens is 1. The lowest BCUT2D eigenvalue weighted by Crippen LogP contribution is -2.40. The first-order valence-corrected chi connectivity index (χ1v) is 11.4. The minimum atomic E-state index is -0.345. The Morgan fingerprint density at radius 1 is 1.09 bits per heavy atom. The number of ether oxygens (including phenoxy) is 2. The van der Waals surface area contributed by atoms with Gasteiger partial charge >= 0.3 is 0 Å². The molecule has 176 valence electrons. The zero-order valence-electron chi connectivity index (χ0n) is 19.4. The Labute approximate surface area is 193 Å². The highest BCUT2D eigenvalue weighted by Gasteiger charge is 2.24. The van der Waals surface area contributed by atoms with E-state index in [4.69, 9.17) is 13.9 Å². The first-order valence-electron chi connectivity index (χ1n) is 11.4. The van der Waals surface area contributed by atoms with Gasteiger partial charge in [0, 0.05) is 23.5 Å². The smallest absolute Gasteiger partial charge is 0.212 e. The number of fused-ring (bicyclic) bond motifs is 1. The molecule has 6 nitrogen and oxygen atoms in total. The number of piperidine rings is 1. The van der Waals surface area contributed by atoms with E-state index in [-0.39, 0.29) is 29.9 Å². The quantitative estimate of drug-likeness (QED) is 0.464. The molecular formula is C26H31FN2O4. The second kappa shape index (κ2) is 10.4. The van der Waals surface area contributed by atoms with Crippen molar-refractivity contribution in [2.24, 2.45) is 0 Å². The molecule has 1 aliphatic heterocycles. The number of carbonyl (C=O) groups excluding carboxylic acids is 1. The third-order valence-electron chi connectivity index (χ3n) is 6.40. The number of aryl methyl sites for hydroxylation is 1. The van der Waals surface area contributed by atoms with E-state index in [0.717, 1.165) is 31.5 Å². The van der Waals surface area contributed by atoms with Gasteiger partial charge < -0.3 is 19.2 Å². The molecule has 1 N–H and O–H groups in total. The summed E-state index contributed by atoms with van der Waals surface area (Å²) in [5.74, 6) is 1.18. The number of benzene rings is 2. The maximum absolute atomic E-state index is 13.6. The Morgan fingerprint density at radius 2 is 1.85 bits per heavy atom. The molecule has 1 aromatic heterocycles. The number of ketones is 1. The summed E-state index contributed by atoms with van der Waals surface area (Å²) in [5, 5.41) is 3.97. The first-order chi connectivity index (χ1) is 16.0. The van der Waals surface area contributed by atoms with E-state index in [9.17, 15) is 9.18 Å². The fraction of sp³-hybridized carbons (Fsp3) is 0.423. The number of Topliss-reactive ketones (excluding diaryl/α,β-unsaturated/α-hetero) is 1. The average Bonchev–Trinajstić information content (AvgIpc) is 3.17. The molecule has 33 heavy (non-hydrogen) atoms. The summed E-state index contributed by atoms with van der Waals surface area (Å²) >= 11 is 0. The minimum Gasteiger partial charge on any atom is -0.493 e. The predicted octanol–water partition coefficient (Wildman–Crippen LogP) is 4.90. The Kier molecular flexibility index (Phi) is 7.30. The van der Waals surface area contributed by atoms with Crippen molar-refractivity contribution in [1.29, 1.82) is 0 Å². The van der Waals surface area contributed by atoms with Crippen LogP contribution in [0.5, 0.6) is 11.5 Å². The SMILES string of the molecule is COc1ccc(C(CNCC(=O)c2oc3ccc(F)cc3c2C)N2CCCCC2)cc1OC. The summed E-state index contributed by atoms with van der Waals surface area (Å²) in [6.45, 7) is 4.57. The van der Waals surface area contributed by atoms with Crippen LogP contribution in [0.25, 0.3) is 11.0 Å². The highest BCUT2D eigenvalue weighted by atomic mass is 19.1. The Hall–Kier alpha value is -2.90. The lowest BCUT2D eigenvalue weighted by Gasteiger charge is -2.35. The van der Waals surface area contributed by atoms with Gasteiger partial charge in [0.2, 0.25) is 5.78 Å². The van der Waals surface area contributed by atoms with E-state index in [1.807, 2.05) is 12.1 Å². The lowest BCUT2D eigenvalue weighted by atomic mass is 10.0. The standard InChI is InChI=1S/C26H31FN2O4/c1-17-20-14-19(27)8-10-23(20)33-26(17)22(30)16-28-15-21(29-11-5-4-6-12-29)18-7-9-24(31-2)25(13-18)32-3/h7-10,13-14,21,28H,4-6,11-12,15-16H2,1-3H3. The van der Waals surface area contributed by atoms with Crippen molar-refractivity contribution in [2.45, 2.75) is 32.2 Å². The third kappa shape index (κ3) is 5.04. The summed E-state index contributed by atoms with van der Waals surface area (Å²) in [6, 6.07) is 10.4. The summed E-state index contributed by atoms with van der Waals surface area (Å²) in [6.07, 6.45) is 3.57. The molecule has 3 aromatic rings. The molecule has 4 rings (SSSR count). The molecule has 0 spiro atoms. The van der Waals surface area contributed by atoms with Crippen LogP contribution in [0.4, 0.5) is 4.39 Å². The van der Waals surface area contributed by atoms with Gasteiger partial charge in [-0.15, -0.1) is 0 Å². The van der Waals surface area contributed by atoms with Gasteiger partial charge in [-0.25, -0.2) is 4.39 Å². The van der Waals surface area contributed by atoms with Crippen LogP contribution in [0.15, 0.2) is 40.8 Å². The van der Waals surface area contributed by atoms with Crippen LogP contribution in [-0.2, 0) is 0 Å². The number of methoxy groups -OCH3 is 2. The zero-order valence-corrected chi connectivity index (χ0v) is 19.4. The Bertz CT molecular complexity index is 1120. The van der Waals surface area contributed by atoms with E-state index in [0.29, 0.717) is 34.6 Å². The molecule has 0 radical (unpaired) electrons. The molecule has 1 aliphatic rings. The molecule has 0 saturated carbocycles. The second-order valence-electron chi connectivity index (χ2n) is 8.48. The maximum atomic E-state index is 13.6. The third-order valence-corrected chi connectivity index (χ3v) is 6.40. The van der Waals surface area contributed by atoms with Crippen LogP contribution < -0.4 is 14.8 Å². The summed E-state index contributed by atoms with van der Waals surface area (Å²) in [4.78, 5) is 15.4. The van der Waals surface area contributed by atoms with Gasteiger partial charge in [-0.1, -0.05) is 12.5 Å². The number of hydrogen-bond donors (Lipinski definition) is 1. The summed E-state index contributed by atoms with van der Waals surface area (Å²) in [5.41, 5.74) is 2.31. The van der Waals surface area contributed by atoms with E-state index in [1.165, 1.54) is 18.6 Å². The van der Waals surface area contributed by atoms with Crippen molar-refractivity contribution in [2.75, 3.05) is 40.4 Å². The van der Waals surface area contributed by atoms with Gasteiger partial charge in [0.05, 0.1) is 20.8 Å². The zero-order chi connectivity index (χ0) is 23.4. The van der Waals surface area contributed by atoms with Crippen molar-refractivity contribution in [3.63, 3.8) is 0 Å². The largest absolute Gasteiger partial charge is 0.493 e. The molecule has 2 heterocycles. The van der Waals surface area contributed by atoms with E-state index >= 15 is 0 Å². The van der Waals surface area contributed by atoms with Crippen LogP contribution in [0.1, 0.15) is 47.0 Å². The minimum absolute atomic E-state index is 0.101. The number of rotatable bonds is 9. The number of nitrogens with zero attached hydrogens (tertiary/aromatic N) is 1. The fourth-order valence-corrected chi connectivity index (χ4v) is 4.61. The van der Waals surface area contributed by atoms with E-state index in [1.54, 1.807) is 27.2 Å². The van der Waals surface area contributed by atoms with Gasteiger partial charge in [-0.05, 0) is 68.8 Å². The highest BCUT2D eigenvalue weighted by molar-refractivity contribution is 6.01. The van der Waals surface area contributed by atoms with Gasteiger partial charge in [0.1, 0.15) is 11.4 Å². The molecule has 1 unspecified atom stereocenters. The molecule has 0 aliphatic carbocycles. The number of furan rings is 1. The maximum Gasteiger partial charge on any atom is 0.212 e. The summed E-state index contributed by atoms with van der Waals surface area (Å²) in [7, 11) is 3.26. The topological polar surface area (TPSA) is 63.9 Å². The number of hydrogen-bond acceptors (Lipinski definition) is 6. The summed E-state index contributed by atoms with van der Waals surface area (Å²) < 4.78 is 30.2. The van der Waals surface area contributed by atoms with Crippen LogP contribution in [-0.4, -0.2) is 51.1 Å². The van der Waals surface area contributed by atoms with Crippen LogP contribution in [0, 0.1) is 12.7 Å². The lowest BCUT2D eigenvalue weighted by molar-refractivity contribution is 0.0958. The van der Waals surface area contributed by atoms with Crippen LogP contribution in [0.2, 0.25) is 0 Å². The molecule has 1 atom stereocenters. The number of carbonyl (C=O) groups is 1. The fourth-order valence-electron chi connectivity index (χ4n) is 4.61. The predicted molar refractivity (Wildman–Crippen MR) is 126 cm³/mol. The molecule has 7 heteroatoms. The van der Waals surface area contributed by atoms with Gasteiger partial charge in [-0.3, -0.25) is 9.69 Å². The Balaban J connectivity index is 1.49. The molecule has 0 bridgehead atoms.